The number of alkyl carbamates (subject to hydrolysis) is 1. The van der Waals surface area contributed by atoms with Crippen molar-refractivity contribution in [2.24, 2.45) is 0 Å². The summed E-state index contributed by atoms with van der Waals surface area (Å²) in [6.45, 7) is 6.31. The summed E-state index contributed by atoms with van der Waals surface area (Å²) in [5, 5.41) is 13.7. The number of amides is 2. The molecule has 0 saturated carbocycles. The first kappa shape index (κ1) is 25.7. The molecule has 0 saturated heterocycles. The molecule has 186 valence electrons. The smallest absolute Gasteiger partial charge is 0.407 e. The van der Waals surface area contributed by atoms with E-state index in [1.165, 1.54) is 6.92 Å². The van der Waals surface area contributed by atoms with E-state index in [1.807, 2.05) is 48.5 Å². The minimum atomic E-state index is -1.37. The van der Waals surface area contributed by atoms with Crippen LogP contribution in [0.25, 0.3) is 11.1 Å². The average Bonchev–Trinajstić information content (AvgIpc) is 3.09. The van der Waals surface area contributed by atoms with Gasteiger partial charge in [-0.15, -0.1) is 0 Å². The minimum absolute atomic E-state index is 0.0200. The lowest BCUT2D eigenvalue weighted by Gasteiger charge is -2.23. The molecule has 1 aliphatic carbocycles. The van der Waals surface area contributed by atoms with Gasteiger partial charge in [0.05, 0.1) is 6.42 Å². The summed E-state index contributed by atoms with van der Waals surface area (Å²) in [7, 11) is 0. The summed E-state index contributed by atoms with van der Waals surface area (Å²) in [6, 6.07) is 13.1. The summed E-state index contributed by atoms with van der Waals surface area (Å²) in [4.78, 5) is 48.7. The maximum absolute atomic E-state index is 12.6. The van der Waals surface area contributed by atoms with Gasteiger partial charge in [-0.05, 0) is 49.9 Å². The maximum atomic E-state index is 12.6. The first-order valence-corrected chi connectivity index (χ1v) is 11.3. The lowest BCUT2D eigenvalue weighted by atomic mass is 9.98. The summed E-state index contributed by atoms with van der Waals surface area (Å²) >= 11 is 0. The Morgan fingerprint density at radius 3 is 2.00 bits per heavy atom. The molecule has 0 heterocycles. The van der Waals surface area contributed by atoms with E-state index in [0.717, 1.165) is 22.3 Å². The number of rotatable bonds is 8. The number of carboxylic acids is 1. The van der Waals surface area contributed by atoms with Crippen molar-refractivity contribution < 1.29 is 33.8 Å². The molecule has 0 bridgehead atoms. The van der Waals surface area contributed by atoms with Crippen molar-refractivity contribution in [2.45, 2.75) is 57.7 Å². The lowest BCUT2D eigenvalue weighted by Crippen LogP contribution is -2.52. The predicted molar refractivity (Wildman–Crippen MR) is 128 cm³/mol. The van der Waals surface area contributed by atoms with Crippen molar-refractivity contribution in [2.75, 3.05) is 6.61 Å². The lowest BCUT2D eigenvalue weighted by molar-refractivity contribution is -0.156. The van der Waals surface area contributed by atoms with Crippen molar-refractivity contribution in [3.63, 3.8) is 0 Å². The molecule has 9 nitrogen and oxygen atoms in total. The molecule has 2 aromatic rings. The van der Waals surface area contributed by atoms with Gasteiger partial charge < -0.3 is 25.2 Å². The van der Waals surface area contributed by atoms with Gasteiger partial charge in [-0.1, -0.05) is 48.5 Å². The Hall–Kier alpha value is -3.88. The van der Waals surface area contributed by atoms with Crippen LogP contribution in [0.4, 0.5) is 4.79 Å². The van der Waals surface area contributed by atoms with E-state index in [2.05, 4.69) is 10.6 Å². The standard InChI is InChI=1S/C26H30N2O7/c1-15(24(31)32)27-23(30)21(13-22(29)35-26(2,3)4)28-25(33)34-14-20-18-11-7-5-9-16(18)17-10-6-8-12-19(17)20/h5-12,15,20-21H,13-14H2,1-4H3,(H,27,30)(H,28,33)(H,31,32)/t15-,21-/m0/s1. The topological polar surface area (TPSA) is 131 Å². The molecule has 0 fully saturated rings. The molecular weight excluding hydrogens is 452 g/mol. The minimum Gasteiger partial charge on any atom is -0.480 e. The molecule has 9 heteroatoms. The summed E-state index contributed by atoms with van der Waals surface area (Å²) in [6.07, 6.45) is -1.39. The van der Waals surface area contributed by atoms with Gasteiger partial charge in [-0.2, -0.15) is 0 Å². The summed E-state index contributed by atoms with van der Waals surface area (Å²) in [5.41, 5.74) is 3.40. The molecule has 3 rings (SSSR count). The zero-order valence-corrected chi connectivity index (χ0v) is 20.2. The zero-order valence-electron chi connectivity index (χ0n) is 20.2. The Bertz CT molecular complexity index is 1080. The Labute approximate surface area is 203 Å². The normalized spacial score (nSPS) is 14.2. The van der Waals surface area contributed by atoms with E-state index < -0.39 is 48.0 Å². The van der Waals surface area contributed by atoms with Gasteiger partial charge in [-0.3, -0.25) is 14.4 Å². The quantitative estimate of drug-likeness (QED) is 0.492. The van der Waals surface area contributed by atoms with Crippen molar-refractivity contribution in [1.82, 2.24) is 10.6 Å². The van der Waals surface area contributed by atoms with Crippen molar-refractivity contribution in [3.8, 4) is 11.1 Å². The number of carbonyl (C=O) groups is 4. The number of esters is 1. The number of carboxylic acid groups (broad SMARTS) is 1. The molecule has 0 radical (unpaired) electrons. The third kappa shape index (κ3) is 6.59. The molecule has 1 aliphatic rings. The SMILES string of the molecule is C[C@H](NC(=O)[C@H](CC(=O)OC(C)(C)C)NC(=O)OCC1c2ccccc2-c2ccccc21)C(=O)O. The first-order valence-electron chi connectivity index (χ1n) is 11.3. The fraction of sp³-hybridized carbons (Fsp3) is 0.385. The Morgan fingerprint density at radius 1 is 0.943 bits per heavy atom. The highest BCUT2D eigenvalue weighted by molar-refractivity contribution is 5.92. The second kappa shape index (κ2) is 10.6. The fourth-order valence-electron chi connectivity index (χ4n) is 3.92. The van der Waals surface area contributed by atoms with Crippen LogP contribution in [0, 0.1) is 0 Å². The number of hydrogen-bond donors (Lipinski definition) is 3. The molecule has 0 unspecified atom stereocenters. The van der Waals surface area contributed by atoms with E-state index in [1.54, 1.807) is 20.8 Å². The highest BCUT2D eigenvalue weighted by Gasteiger charge is 2.32. The van der Waals surface area contributed by atoms with Crippen LogP contribution < -0.4 is 10.6 Å². The number of nitrogens with one attached hydrogen (secondary N) is 2. The van der Waals surface area contributed by atoms with E-state index in [0.29, 0.717) is 0 Å². The largest absolute Gasteiger partial charge is 0.480 e. The van der Waals surface area contributed by atoms with Crippen LogP contribution in [0.1, 0.15) is 51.2 Å². The van der Waals surface area contributed by atoms with Crippen LogP contribution in [-0.2, 0) is 23.9 Å². The third-order valence-electron chi connectivity index (χ3n) is 5.47. The number of hydrogen-bond acceptors (Lipinski definition) is 6. The summed E-state index contributed by atoms with van der Waals surface area (Å²) in [5.74, 6) is -2.99. The molecule has 2 aromatic carbocycles. The van der Waals surface area contributed by atoms with E-state index >= 15 is 0 Å². The van der Waals surface area contributed by atoms with E-state index in [9.17, 15) is 19.2 Å². The van der Waals surface area contributed by atoms with Crippen LogP contribution in [0.15, 0.2) is 48.5 Å². The first-order chi connectivity index (χ1) is 16.5. The molecule has 3 N–H and O–H groups in total. The highest BCUT2D eigenvalue weighted by atomic mass is 16.6. The molecular formula is C26H30N2O7. The van der Waals surface area contributed by atoms with Crippen LogP contribution >= 0.6 is 0 Å². The second-order valence-electron chi connectivity index (χ2n) is 9.38. The highest BCUT2D eigenvalue weighted by Crippen LogP contribution is 2.44. The predicted octanol–water partition coefficient (Wildman–Crippen LogP) is 3.21. The molecule has 35 heavy (non-hydrogen) atoms. The van der Waals surface area contributed by atoms with Crippen LogP contribution in [0.5, 0.6) is 0 Å². The fourth-order valence-corrected chi connectivity index (χ4v) is 3.92. The molecule has 2 amide bonds. The van der Waals surface area contributed by atoms with Gasteiger partial charge in [-0.25, -0.2) is 4.79 Å². The Kier molecular flexibility index (Phi) is 7.78. The van der Waals surface area contributed by atoms with Gasteiger partial charge in [0, 0.05) is 5.92 Å². The maximum Gasteiger partial charge on any atom is 0.407 e. The molecule has 0 spiro atoms. The number of ether oxygens (including phenoxy) is 2. The van der Waals surface area contributed by atoms with Gasteiger partial charge in [0.15, 0.2) is 0 Å². The number of aliphatic carboxylic acids is 1. The van der Waals surface area contributed by atoms with Crippen molar-refractivity contribution >= 4 is 23.9 Å². The third-order valence-corrected chi connectivity index (χ3v) is 5.47. The van der Waals surface area contributed by atoms with Crippen LogP contribution in [0.3, 0.4) is 0 Å². The number of carbonyl (C=O) groups excluding carboxylic acids is 3. The van der Waals surface area contributed by atoms with Gasteiger partial charge in [0.1, 0.15) is 24.3 Å². The van der Waals surface area contributed by atoms with Gasteiger partial charge >= 0.3 is 18.0 Å². The molecule has 2 atom stereocenters. The summed E-state index contributed by atoms with van der Waals surface area (Å²) < 4.78 is 10.7. The van der Waals surface area contributed by atoms with Crippen LogP contribution in [-0.4, -0.2) is 53.3 Å². The Balaban J connectivity index is 1.69. The van der Waals surface area contributed by atoms with Crippen molar-refractivity contribution in [3.05, 3.63) is 59.7 Å². The van der Waals surface area contributed by atoms with Crippen molar-refractivity contribution in [1.29, 1.82) is 0 Å². The monoisotopic (exact) mass is 482 g/mol. The van der Waals surface area contributed by atoms with Gasteiger partial charge in [0.2, 0.25) is 5.91 Å². The number of fused-ring (bicyclic) bond motifs is 3. The average molecular weight is 483 g/mol. The molecule has 0 aromatic heterocycles. The Morgan fingerprint density at radius 2 is 1.49 bits per heavy atom. The van der Waals surface area contributed by atoms with E-state index in [4.69, 9.17) is 14.6 Å². The van der Waals surface area contributed by atoms with E-state index in [-0.39, 0.29) is 12.5 Å². The second-order valence-corrected chi connectivity index (χ2v) is 9.38. The van der Waals surface area contributed by atoms with Gasteiger partial charge in [0.25, 0.3) is 0 Å². The zero-order chi connectivity index (χ0) is 25.8. The van der Waals surface area contributed by atoms with Crippen LogP contribution in [0.2, 0.25) is 0 Å². The molecule has 0 aliphatic heterocycles. The number of benzene rings is 2.